The average Bonchev–Trinajstić information content (AvgIpc) is 2.56. The fourth-order valence-electron chi connectivity index (χ4n) is 2.98. The van der Waals surface area contributed by atoms with Crippen molar-refractivity contribution >= 4 is 0 Å². The summed E-state index contributed by atoms with van der Waals surface area (Å²) < 4.78 is 2.11. The third-order valence-corrected chi connectivity index (χ3v) is 3.77. The lowest BCUT2D eigenvalue weighted by Crippen LogP contribution is -2.10. The molecule has 1 N–H and O–H groups in total. The van der Waals surface area contributed by atoms with Gasteiger partial charge in [0.1, 0.15) is 0 Å². The molecule has 1 heterocycles. The van der Waals surface area contributed by atoms with Gasteiger partial charge in [0.2, 0.25) is 0 Å². The van der Waals surface area contributed by atoms with E-state index >= 15 is 0 Å². The van der Waals surface area contributed by atoms with Crippen LogP contribution in [0.5, 0.6) is 0 Å². The molecule has 0 radical (unpaired) electrons. The van der Waals surface area contributed by atoms with E-state index in [9.17, 15) is 0 Å². The van der Waals surface area contributed by atoms with E-state index in [-0.39, 0.29) is 0 Å². The maximum atomic E-state index is 4.63. The first kappa shape index (κ1) is 11.6. The molecule has 3 nitrogen and oxygen atoms in total. The summed E-state index contributed by atoms with van der Waals surface area (Å²) >= 11 is 0. The van der Waals surface area contributed by atoms with E-state index in [4.69, 9.17) is 0 Å². The molecule has 16 heavy (non-hydrogen) atoms. The van der Waals surface area contributed by atoms with E-state index < -0.39 is 0 Å². The Morgan fingerprint density at radius 2 is 2.00 bits per heavy atom. The lowest BCUT2D eigenvalue weighted by molar-refractivity contribution is 0.423. The Labute approximate surface area is 98.2 Å². The minimum atomic E-state index is 0.747. The van der Waals surface area contributed by atoms with E-state index in [0.717, 1.165) is 12.5 Å². The fourth-order valence-corrected chi connectivity index (χ4v) is 2.98. The maximum Gasteiger partial charge on any atom is 0.0794 e. The van der Waals surface area contributed by atoms with Crippen molar-refractivity contribution in [2.75, 3.05) is 7.05 Å². The number of aryl methyl sites for hydroxylation is 1. The van der Waals surface area contributed by atoms with E-state index in [1.807, 2.05) is 7.05 Å². The van der Waals surface area contributed by atoms with Gasteiger partial charge >= 0.3 is 0 Å². The van der Waals surface area contributed by atoms with Crippen LogP contribution in [0.4, 0.5) is 0 Å². The number of hydrogen-bond acceptors (Lipinski definition) is 2. The van der Waals surface area contributed by atoms with Crippen LogP contribution in [0.25, 0.3) is 0 Å². The number of aromatic nitrogens is 2. The predicted molar refractivity (Wildman–Crippen MR) is 66.5 cm³/mol. The van der Waals surface area contributed by atoms with Gasteiger partial charge in [-0.25, -0.2) is 0 Å². The molecule has 1 aliphatic rings. The lowest BCUT2D eigenvalue weighted by atomic mass is 9.85. The standard InChI is InChI=1S/C13H23N3/c1-10-12(9-14-2)15-16(3)13(10)11-7-5-4-6-8-11/h11,14H,4-9H2,1-3H3. The molecule has 1 aromatic heterocycles. The Hall–Kier alpha value is -0.830. The second-order valence-electron chi connectivity index (χ2n) is 4.95. The highest BCUT2D eigenvalue weighted by atomic mass is 15.3. The highest BCUT2D eigenvalue weighted by Crippen LogP contribution is 2.34. The van der Waals surface area contributed by atoms with Crippen LogP contribution in [0, 0.1) is 6.92 Å². The molecule has 1 saturated carbocycles. The first-order valence-electron chi connectivity index (χ1n) is 6.41. The predicted octanol–water partition coefficient (Wildman–Crippen LogP) is 2.50. The Morgan fingerprint density at radius 1 is 1.31 bits per heavy atom. The Balaban J connectivity index is 2.24. The summed E-state index contributed by atoms with van der Waals surface area (Å²) in [6, 6.07) is 0. The summed E-state index contributed by atoms with van der Waals surface area (Å²) in [5.74, 6) is 0.747. The van der Waals surface area contributed by atoms with Gasteiger partial charge in [-0.15, -0.1) is 0 Å². The number of hydrogen-bond donors (Lipinski definition) is 1. The molecule has 0 unspecified atom stereocenters. The molecule has 0 amide bonds. The summed E-state index contributed by atoms with van der Waals surface area (Å²) in [4.78, 5) is 0. The molecule has 1 aromatic rings. The van der Waals surface area contributed by atoms with Crippen molar-refractivity contribution in [1.82, 2.24) is 15.1 Å². The molecule has 0 aliphatic heterocycles. The largest absolute Gasteiger partial charge is 0.314 e. The van der Waals surface area contributed by atoms with Crippen molar-refractivity contribution in [1.29, 1.82) is 0 Å². The van der Waals surface area contributed by atoms with Gasteiger partial charge in [0, 0.05) is 25.2 Å². The molecule has 1 fully saturated rings. The van der Waals surface area contributed by atoms with Crippen LogP contribution in [0.1, 0.15) is 55.0 Å². The first-order chi connectivity index (χ1) is 7.74. The van der Waals surface area contributed by atoms with Gasteiger partial charge in [0.25, 0.3) is 0 Å². The van der Waals surface area contributed by atoms with Gasteiger partial charge in [-0.2, -0.15) is 5.10 Å². The van der Waals surface area contributed by atoms with Gasteiger partial charge in [-0.05, 0) is 32.4 Å². The van der Waals surface area contributed by atoms with Crippen LogP contribution in [0.2, 0.25) is 0 Å². The summed E-state index contributed by atoms with van der Waals surface area (Å²) in [6.07, 6.45) is 6.88. The monoisotopic (exact) mass is 221 g/mol. The van der Waals surface area contributed by atoms with Crippen molar-refractivity contribution in [2.45, 2.75) is 51.5 Å². The van der Waals surface area contributed by atoms with Crippen LogP contribution < -0.4 is 5.32 Å². The number of nitrogens with one attached hydrogen (secondary N) is 1. The molecule has 2 rings (SSSR count). The van der Waals surface area contributed by atoms with Crippen LogP contribution in [0.15, 0.2) is 0 Å². The summed E-state index contributed by atoms with van der Waals surface area (Å²) in [5.41, 5.74) is 4.10. The zero-order chi connectivity index (χ0) is 11.5. The second kappa shape index (κ2) is 5.00. The van der Waals surface area contributed by atoms with Gasteiger partial charge in [-0.1, -0.05) is 19.3 Å². The normalized spacial score (nSPS) is 17.9. The first-order valence-corrected chi connectivity index (χ1v) is 6.41. The van der Waals surface area contributed by atoms with Gasteiger partial charge in [-0.3, -0.25) is 4.68 Å². The second-order valence-corrected chi connectivity index (χ2v) is 4.95. The van der Waals surface area contributed by atoms with Crippen LogP contribution in [0.3, 0.4) is 0 Å². The molecular formula is C13H23N3. The SMILES string of the molecule is CNCc1nn(C)c(C2CCCCC2)c1C. The molecule has 90 valence electrons. The average molecular weight is 221 g/mol. The highest BCUT2D eigenvalue weighted by Gasteiger charge is 2.22. The van der Waals surface area contributed by atoms with Gasteiger partial charge in [0.15, 0.2) is 0 Å². The molecule has 0 aromatic carbocycles. The van der Waals surface area contributed by atoms with E-state index in [1.165, 1.54) is 49.1 Å². The van der Waals surface area contributed by atoms with Crippen molar-refractivity contribution in [3.63, 3.8) is 0 Å². The van der Waals surface area contributed by atoms with E-state index in [0.29, 0.717) is 0 Å². The Morgan fingerprint density at radius 3 is 2.62 bits per heavy atom. The van der Waals surface area contributed by atoms with Crippen molar-refractivity contribution in [3.05, 3.63) is 17.0 Å². The summed E-state index contributed by atoms with van der Waals surface area (Å²) in [6.45, 7) is 3.11. The fraction of sp³-hybridized carbons (Fsp3) is 0.769. The van der Waals surface area contributed by atoms with E-state index in [1.54, 1.807) is 0 Å². The minimum absolute atomic E-state index is 0.747. The molecule has 0 saturated heterocycles. The summed E-state index contributed by atoms with van der Waals surface area (Å²) in [7, 11) is 4.07. The van der Waals surface area contributed by atoms with Crippen LogP contribution in [-0.4, -0.2) is 16.8 Å². The topological polar surface area (TPSA) is 29.9 Å². The third kappa shape index (κ3) is 2.14. The zero-order valence-corrected chi connectivity index (χ0v) is 10.7. The minimum Gasteiger partial charge on any atom is -0.314 e. The Kier molecular flexibility index (Phi) is 3.64. The van der Waals surface area contributed by atoms with E-state index in [2.05, 4.69) is 29.1 Å². The number of rotatable bonds is 3. The molecule has 0 spiro atoms. The lowest BCUT2D eigenvalue weighted by Gasteiger charge is -2.22. The zero-order valence-electron chi connectivity index (χ0n) is 10.7. The quantitative estimate of drug-likeness (QED) is 0.850. The van der Waals surface area contributed by atoms with Crippen LogP contribution >= 0.6 is 0 Å². The smallest absolute Gasteiger partial charge is 0.0794 e. The highest BCUT2D eigenvalue weighted by molar-refractivity contribution is 5.28. The van der Waals surface area contributed by atoms with Gasteiger partial charge in [0.05, 0.1) is 5.69 Å². The van der Waals surface area contributed by atoms with Crippen LogP contribution in [-0.2, 0) is 13.6 Å². The molecule has 1 aliphatic carbocycles. The molecule has 0 atom stereocenters. The Bertz CT molecular complexity index is 348. The molecule has 3 heteroatoms. The third-order valence-electron chi connectivity index (χ3n) is 3.77. The van der Waals surface area contributed by atoms with Crippen molar-refractivity contribution in [3.8, 4) is 0 Å². The maximum absolute atomic E-state index is 4.63. The summed E-state index contributed by atoms with van der Waals surface area (Å²) in [5, 5.41) is 7.82. The molecule has 0 bridgehead atoms. The molecular weight excluding hydrogens is 198 g/mol. The van der Waals surface area contributed by atoms with Crippen molar-refractivity contribution < 1.29 is 0 Å². The van der Waals surface area contributed by atoms with Gasteiger partial charge < -0.3 is 5.32 Å². The number of nitrogens with zero attached hydrogens (tertiary/aromatic N) is 2. The van der Waals surface area contributed by atoms with Crippen molar-refractivity contribution in [2.24, 2.45) is 7.05 Å².